The summed E-state index contributed by atoms with van der Waals surface area (Å²) in [4.78, 5) is 12.4. The van der Waals surface area contributed by atoms with Crippen LogP contribution in [-0.2, 0) is 18.1 Å². The second-order valence-corrected chi connectivity index (χ2v) is 21.5. The molecule has 0 heterocycles. The normalized spacial score (nSPS) is 16.7. The van der Waals surface area contributed by atoms with Crippen molar-refractivity contribution in [2.75, 3.05) is 0 Å². The Balaban J connectivity index is 5.03. The average molecular weight is 337 g/mol. The van der Waals surface area contributed by atoms with Crippen LogP contribution in [0.2, 0.25) is 58.9 Å². The first-order valence-corrected chi connectivity index (χ1v) is 17.4. The third-order valence-electron chi connectivity index (χ3n) is 2.09. The molecule has 7 heteroatoms. The van der Waals surface area contributed by atoms with Gasteiger partial charge in [0.1, 0.15) is 0 Å². The van der Waals surface area contributed by atoms with Gasteiger partial charge in [-0.2, -0.15) is 0 Å². The summed E-state index contributed by atoms with van der Waals surface area (Å²) >= 11 is 0. The zero-order valence-electron chi connectivity index (χ0n) is 14.8. The lowest BCUT2D eigenvalue weighted by Crippen LogP contribution is -2.49. The first-order chi connectivity index (χ1) is 8.61. The molecule has 0 aliphatic rings. The fourth-order valence-electron chi connectivity index (χ4n) is 1.70. The van der Waals surface area contributed by atoms with E-state index in [2.05, 4.69) is 39.3 Å². The fourth-order valence-corrected chi connectivity index (χ4v) is 4.70. The molecule has 2 unspecified atom stereocenters. The maximum atomic E-state index is 12.4. The highest BCUT2D eigenvalue weighted by Crippen LogP contribution is 2.19. The largest absolute Gasteiger partial charge is 0.518 e. The maximum Gasteiger partial charge on any atom is 0.323 e. The van der Waals surface area contributed by atoms with Crippen molar-refractivity contribution in [1.29, 1.82) is 0 Å². The summed E-state index contributed by atoms with van der Waals surface area (Å²) in [6.45, 7) is 20.5. The smallest absolute Gasteiger partial charge is 0.323 e. The average Bonchev–Trinajstić information content (AvgIpc) is 2.06. The number of hydrogen-bond acceptors (Lipinski definition) is 4. The third-order valence-corrected chi connectivity index (χ3v) is 4.94. The summed E-state index contributed by atoms with van der Waals surface area (Å²) in [6.07, 6.45) is -0.877. The summed E-state index contributed by atoms with van der Waals surface area (Å²) in [7, 11) is -5.49. The molecule has 20 heavy (non-hydrogen) atoms. The van der Waals surface area contributed by atoms with Gasteiger partial charge in [0.05, 0.1) is 6.10 Å². The number of rotatable bonds is 7. The predicted octanol–water partition coefficient (Wildman–Crippen LogP) is 3.82. The molecule has 0 aromatic carbocycles. The molecule has 0 aromatic rings. The van der Waals surface area contributed by atoms with Crippen LogP contribution < -0.4 is 0 Å². The van der Waals surface area contributed by atoms with Crippen molar-refractivity contribution < 1.29 is 18.1 Å². The molecule has 0 saturated heterocycles. The van der Waals surface area contributed by atoms with Crippen LogP contribution in [0.25, 0.3) is 0 Å². The van der Waals surface area contributed by atoms with E-state index in [1.54, 1.807) is 0 Å². The minimum atomic E-state index is -1.92. The SMILES string of the molecule is CC(O[Si](C)(C)C)C(O[Si](C)(C)C)C(=O)O[Si](C)(C)C. The van der Waals surface area contributed by atoms with Crippen LogP contribution in [0.5, 0.6) is 0 Å². The predicted molar refractivity (Wildman–Crippen MR) is 91.6 cm³/mol. The monoisotopic (exact) mass is 336 g/mol. The minimum absolute atomic E-state index is 0.266. The van der Waals surface area contributed by atoms with Gasteiger partial charge < -0.3 is 13.3 Å². The van der Waals surface area contributed by atoms with Crippen LogP contribution in [0, 0.1) is 0 Å². The van der Waals surface area contributed by atoms with Gasteiger partial charge in [-0.25, -0.2) is 0 Å². The van der Waals surface area contributed by atoms with E-state index in [4.69, 9.17) is 13.3 Å². The van der Waals surface area contributed by atoms with E-state index in [1.165, 1.54) is 0 Å². The number of hydrogen-bond donors (Lipinski definition) is 0. The highest BCUT2D eigenvalue weighted by atomic mass is 28.4. The van der Waals surface area contributed by atoms with Crippen molar-refractivity contribution in [2.45, 2.75) is 78.1 Å². The Hall–Kier alpha value is 0.0406. The van der Waals surface area contributed by atoms with Crippen molar-refractivity contribution in [2.24, 2.45) is 0 Å². The van der Waals surface area contributed by atoms with E-state index in [0.29, 0.717) is 0 Å². The van der Waals surface area contributed by atoms with Gasteiger partial charge in [0.2, 0.25) is 8.32 Å². The molecule has 0 aromatic heterocycles. The summed E-state index contributed by atoms with van der Waals surface area (Å²) < 4.78 is 17.7. The first kappa shape index (κ1) is 20.0. The van der Waals surface area contributed by atoms with Gasteiger partial charge in [0.25, 0.3) is 0 Å². The van der Waals surface area contributed by atoms with Crippen LogP contribution in [-0.4, -0.2) is 43.1 Å². The standard InChI is InChI=1S/C13H32O4Si3/c1-11(15-18(2,3)4)12(16-19(5,6)7)13(14)17-20(8,9)10/h11-12H,1-10H3. The lowest BCUT2D eigenvalue weighted by Gasteiger charge is -2.34. The van der Waals surface area contributed by atoms with E-state index in [1.807, 2.05) is 26.6 Å². The second-order valence-electron chi connectivity index (χ2n) is 8.12. The van der Waals surface area contributed by atoms with Gasteiger partial charge in [-0.15, -0.1) is 0 Å². The summed E-state index contributed by atoms with van der Waals surface area (Å²) in [5.41, 5.74) is 0. The van der Waals surface area contributed by atoms with Crippen molar-refractivity contribution in [3.05, 3.63) is 0 Å². The molecule has 0 amide bonds. The summed E-state index contributed by atoms with van der Waals surface area (Å²) in [5.74, 6) is -0.266. The molecule has 120 valence electrons. The Labute approximate surface area is 127 Å². The Bertz CT molecular complexity index is 326. The lowest BCUT2D eigenvalue weighted by atomic mass is 10.2. The minimum Gasteiger partial charge on any atom is -0.518 e. The Kier molecular flexibility index (Phi) is 6.88. The Morgan fingerprint density at radius 3 is 1.45 bits per heavy atom. The lowest BCUT2D eigenvalue weighted by molar-refractivity contribution is -0.147. The zero-order chi connectivity index (χ0) is 16.4. The van der Waals surface area contributed by atoms with Crippen molar-refractivity contribution in [1.82, 2.24) is 0 Å². The van der Waals surface area contributed by atoms with Gasteiger partial charge in [0, 0.05) is 0 Å². The van der Waals surface area contributed by atoms with Gasteiger partial charge in [0.15, 0.2) is 22.7 Å². The molecule has 0 saturated carbocycles. The van der Waals surface area contributed by atoms with E-state index < -0.39 is 31.1 Å². The van der Waals surface area contributed by atoms with Crippen molar-refractivity contribution in [3.8, 4) is 0 Å². The van der Waals surface area contributed by atoms with Crippen molar-refractivity contribution in [3.63, 3.8) is 0 Å². The van der Waals surface area contributed by atoms with Crippen LogP contribution in [0.4, 0.5) is 0 Å². The summed E-state index contributed by atoms with van der Waals surface area (Å²) in [5, 5.41) is 0. The fraction of sp³-hybridized carbons (Fsp3) is 0.923. The molecule has 0 aliphatic carbocycles. The highest BCUT2D eigenvalue weighted by Gasteiger charge is 2.37. The Morgan fingerprint density at radius 1 is 0.750 bits per heavy atom. The van der Waals surface area contributed by atoms with Gasteiger partial charge in [-0.1, -0.05) is 0 Å². The number of carbonyl (C=O) groups excluding carboxylic acids is 1. The van der Waals surface area contributed by atoms with E-state index >= 15 is 0 Å². The molecule has 0 aliphatic heterocycles. The molecule has 0 bridgehead atoms. The molecule has 2 atom stereocenters. The third kappa shape index (κ3) is 9.87. The van der Waals surface area contributed by atoms with E-state index in [-0.39, 0.29) is 12.1 Å². The molecule has 0 N–H and O–H groups in total. The quantitative estimate of drug-likeness (QED) is 0.663. The molecule has 0 fully saturated rings. The van der Waals surface area contributed by atoms with Gasteiger partial charge in [-0.3, -0.25) is 4.79 Å². The molecular formula is C13H32O4Si3. The maximum absolute atomic E-state index is 12.4. The van der Waals surface area contributed by atoms with Crippen LogP contribution in [0.3, 0.4) is 0 Å². The number of carbonyl (C=O) groups is 1. The van der Waals surface area contributed by atoms with Gasteiger partial charge >= 0.3 is 5.97 Å². The summed E-state index contributed by atoms with van der Waals surface area (Å²) in [6, 6.07) is 0. The molecule has 0 spiro atoms. The first-order valence-electron chi connectivity index (χ1n) is 7.19. The molecule has 0 radical (unpaired) electrons. The van der Waals surface area contributed by atoms with E-state index in [9.17, 15) is 4.79 Å². The van der Waals surface area contributed by atoms with Crippen LogP contribution in [0.15, 0.2) is 0 Å². The second kappa shape index (κ2) is 6.87. The zero-order valence-corrected chi connectivity index (χ0v) is 17.8. The van der Waals surface area contributed by atoms with Crippen LogP contribution in [0.1, 0.15) is 6.92 Å². The Morgan fingerprint density at radius 2 is 1.15 bits per heavy atom. The molecule has 4 nitrogen and oxygen atoms in total. The van der Waals surface area contributed by atoms with Crippen molar-refractivity contribution >= 4 is 30.9 Å². The van der Waals surface area contributed by atoms with Gasteiger partial charge in [-0.05, 0) is 65.8 Å². The molecular weight excluding hydrogens is 304 g/mol. The van der Waals surface area contributed by atoms with Crippen LogP contribution >= 0.6 is 0 Å². The van der Waals surface area contributed by atoms with E-state index in [0.717, 1.165) is 0 Å². The highest BCUT2D eigenvalue weighted by molar-refractivity contribution is 6.72. The topological polar surface area (TPSA) is 44.8 Å². The molecule has 0 rings (SSSR count).